The molecule has 1 atom stereocenters. The minimum Gasteiger partial charge on any atom is -0.314 e. The van der Waals surface area contributed by atoms with E-state index in [1.54, 1.807) is 6.92 Å². The molecule has 0 saturated carbocycles. The Morgan fingerprint density at radius 3 is 2.75 bits per heavy atom. The van der Waals surface area contributed by atoms with Gasteiger partial charge in [0.2, 0.25) is 0 Å². The van der Waals surface area contributed by atoms with Crippen LogP contribution >= 0.6 is 11.8 Å². The lowest BCUT2D eigenvalue weighted by Gasteiger charge is -2.14. The Bertz CT molecular complexity index is 380. The third kappa shape index (κ3) is 4.26. The van der Waals surface area contributed by atoms with Crippen LogP contribution in [0.1, 0.15) is 25.3 Å². The molecule has 0 aliphatic heterocycles. The lowest BCUT2D eigenvalue weighted by Crippen LogP contribution is -2.33. The summed E-state index contributed by atoms with van der Waals surface area (Å²) in [5.41, 5.74) is 6.39. The number of thioether (sulfide) groups is 1. The molecule has 2 N–H and O–H groups in total. The molecule has 3 heteroatoms. The summed E-state index contributed by atoms with van der Waals surface area (Å²) in [6.45, 7) is 3.90. The number of hydrogen-bond acceptors (Lipinski definition) is 3. The smallest absolute Gasteiger partial charge is 0.101 e. The van der Waals surface area contributed by atoms with Crippen molar-refractivity contribution >= 4 is 11.8 Å². The van der Waals surface area contributed by atoms with Gasteiger partial charge < -0.3 is 5.73 Å². The molecule has 0 bridgehead atoms. The number of aryl methyl sites for hydroxylation is 1. The molecule has 0 fully saturated rings. The summed E-state index contributed by atoms with van der Waals surface area (Å²) in [6.07, 6.45) is 1.72. The van der Waals surface area contributed by atoms with Crippen molar-refractivity contribution in [2.45, 2.75) is 37.1 Å². The van der Waals surface area contributed by atoms with Crippen molar-refractivity contribution in [2.75, 3.05) is 5.75 Å². The zero-order valence-electron chi connectivity index (χ0n) is 9.86. The number of nitriles is 1. The maximum absolute atomic E-state index is 8.77. The van der Waals surface area contributed by atoms with Crippen LogP contribution in [-0.2, 0) is 0 Å². The average molecular weight is 234 g/mol. The van der Waals surface area contributed by atoms with E-state index in [0.717, 1.165) is 18.6 Å². The van der Waals surface area contributed by atoms with E-state index in [1.807, 2.05) is 17.8 Å². The second kappa shape index (κ2) is 5.93. The summed E-state index contributed by atoms with van der Waals surface area (Å²) < 4.78 is 0. The summed E-state index contributed by atoms with van der Waals surface area (Å²) in [7, 11) is 0. The molecule has 0 aromatic heterocycles. The van der Waals surface area contributed by atoms with E-state index in [4.69, 9.17) is 11.0 Å². The molecule has 0 saturated heterocycles. The van der Waals surface area contributed by atoms with Crippen molar-refractivity contribution in [3.05, 3.63) is 29.8 Å². The van der Waals surface area contributed by atoms with Crippen LogP contribution in [-0.4, -0.2) is 11.3 Å². The Morgan fingerprint density at radius 1 is 1.44 bits per heavy atom. The summed E-state index contributed by atoms with van der Waals surface area (Å²) in [5, 5.41) is 8.77. The SMILES string of the molecule is Cc1ccccc1SCCCC(C)(N)C#N. The Labute approximate surface area is 102 Å². The van der Waals surface area contributed by atoms with Crippen molar-refractivity contribution in [2.24, 2.45) is 5.73 Å². The lowest BCUT2D eigenvalue weighted by atomic mass is 10.0. The van der Waals surface area contributed by atoms with Gasteiger partial charge in [-0.15, -0.1) is 11.8 Å². The van der Waals surface area contributed by atoms with Gasteiger partial charge in [-0.3, -0.25) is 0 Å². The fourth-order valence-corrected chi connectivity index (χ4v) is 2.37. The topological polar surface area (TPSA) is 49.8 Å². The number of benzene rings is 1. The van der Waals surface area contributed by atoms with Crippen LogP contribution in [0.5, 0.6) is 0 Å². The summed E-state index contributed by atoms with van der Waals surface area (Å²) in [6, 6.07) is 10.5. The van der Waals surface area contributed by atoms with Crippen LogP contribution in [0, 0.1) is 18.3 Å². The lowest BCUT2D eigenvalue weighted by molar-refractivity contribution is 0.540. The second-order valence-corrected chi connectivity index (χ2v) is 5.38. The average Bonchev–Trinajstić information content (AvgIpc) is 2.27. The molecule has 0 spiro atoms. The van der Waals surface area contributed by atoms with E-state index in [9.17, 15) is 0 Å². The largest absolute Gasteiger partial charge is 0.314 e. The molecule has 1 aromatic carbocycles. The van der Waals surface area contributed by atoms with E-state index in [0.29, 0.717) is 0 Å². The molecular weight excluding hydrogens is 216 g/mol. The molecule has 0 amide bonds. The Balaban J connectivity index is 2.33. The molecular formula is C13H18N2S. The van der Waals surface area contributed by atoms with Crippen LogP contribution in [0.15, 0.2) is 29.2 Å². The Kier molecular flexibility index (Phi) is 4.85. The third-order valence-electron chi connectivity index (χ3n) is 2.45. The maximum Gasteiger partial charge on any atom is 0.101 e. The number of rotatable bonds is 5. The van der Waals surface area contributed by atoms with Gasteiger partial charge in [0.05, 0.1) is 6.07 Å². The van der Waals surface area contributed by atoms with Crippen LogP contribution in [0.3, 0.4) is 0 Å². The molecule has 0 radical (unpaired) electrons. The number of hydrogen-bond donors (Lipinski definition) is 1. The zero-order chi connectivity index (χ0) is 12.0. The van der Waals surface area contributed by atoms with Crippen molar-refractivity contribution in [3.8, 4) is 6.07 Å². The van der Waals surface area contributed by atoms with Crippen molar-refractivity contribution in [3.63, 3.8) is 0 Å². The fourth-order valence-electron chi connectivity index (χ4n) is 1.40. The predicted octanol–water partition coefficient (Wildman–Crippen LogP) is 3.11. The first-order chi connectivity index (χ1) is 7.55. The number of nitrogens with two attached hydrogens (primary N) is 1. The summed E-state index contributed by atoms with van der Waals surface area (Å²) >= 11 is 1.83. The molecule has 1 unspecified atom stereocenters. The van der Waals surface area contributed by atoms with E-state index < -0.39 is 5.54 Å². The summed E-state index contributed by atoms with van der Waals surface area (Å²) in [4.78, 5) is 1.32. The minimum absolute atomic E-state index is 0.674. The molecule has 0 aliphatic rings. The van der Waals surface area contributed by atoms with Gasteiger partial charge in [0.25, 0.3) is 0 Å². The molecule has 0 heterocycles. The van der Waals surface area contributed by atoms with Crippen molar-refractivity contribution in [1.29, 1.82) is 5.26 Å². The molecule has 86 valence electrons. The minimum atomic E-state index is -0.674. The highest BCUT2D eigenvalue weighted by Gasteiger charge is 2.15. The highest BCUT2D eigenvalue weighted by Crippen LogP contribution is 2.23. The monoisotopic (exact) mass is 234 g/mol. The van der Waals surface area contributed by atoms with E-state index in [2.05, 4.69) is 31.2 Å². The molecule has 0 aliphatic carbocycles. The maximum atomic E-state index is 8.77. The zero-order valence-corrected chi connectivity index (χ0v) is 10.7. The molecule has 1 aromatic rings. The predicted molar refractivity (Wildman–Crippen MR) is 69.3 cm³/mol. The van der Waals surface area contributed by atoms with Gasteiger partial charge >= 0.3 is 0 Å². The van der Waals surface area contributed by atoms with Gasteiger partial charge in [-0.2, -0.15) is 5.26 Å². The normalized spacial score (nSPS) is 14.1. The molecule has 2 nitrogen and oxygen atoms in total. The first-order valence-corrected chi connectivity index (χ1v) is 6.42. The first-order valence-electron chi connectivity index (χ1n) is 5.44. The summed E-state index contributed by atoms with van der Waals surface area (Å²) in [5.74, 6) is 1.01. The van der Waals surface area contributed by atoms with Crippen LogP contribution in [0.25, 0.3) is 0 Å². The van der Waals surface area contributed by atoms with Gasteiger partial charge in [0, 0.05) is 4.90 Å². The number of nitrogens with zero attached hydrogens (tertiary/aromatic N) is 1. The molecule has 1 rings (SSSR count). The van der Waals surface area contributed by atoms with Gasteiger partial charge in [-0.1, -0.05) is 18.2 Å². The van der Waals surface area contributed by atoms with Crippen LogP contribution < -0.4 is 5.73 Å². The van der Waals surface area contributed by atoms with Gasteiger partial charge in [0.1, 0.15) is 5.54 Å². The van der Waals surface area contributed by atoms with Gasteiger partial charge in [-0.05, 0) is 44.1 Å². The highest BCUT2D eigenvalue weighted by molar-refractivity contribution is 7.99. The third-order valence-corrected chi connectivity index (χ3v) is 3.71. The molecule has 16 heavy (non-hydrogen) atoms. The highest BCUT2D eigenvalue weighted by atomic mass is 32.2. The standard InChI is InChI=1S/C13H18N2S/c1-11-6-3-4-7-12(11)16-9-5-8-13(2,15)10-14/h3-4,6-7H,5,8-9,15H2,1-2H3. The quantitative estimate of drug-likeness (QED) is 0.629. The van der Waals surface area contributed by atoms with E-state index in [1.165, 1.54) is 10.5 Å². The second-order valence-electron chi connectivity index (χ2n) is 4.25. The fraction of sp³-hybridized carbons (Fsp3) is 0.462. The van der Waals surface area contributed by atoms with Gasteiger partial charge in [0.15, 0.2) is 0 Å². The van der Waals surface area contributed by atoms with Crippen molar-refractivity contribution < 1.29 is 0 Å². The Hall–Kier alpha value is -0.980. The Morgan fingerprint density at radius 2 is 2.12 bits per heavy atom. The van der Waals surface area contributed by atoms with Crippen LogP contribution in [0.2, 0.25) is 0 Å². The van der Waals surface area contributed by atoms with E-state index in [-0.39, 0.29) is 0 Å². The van der Waals surface area contributed by atoms with Crippen molar-refractivity contribution in [1.82, 2.24) is 0 Å². The van der Waals surface area contributed by atoms with Crippen LogP contribution in [0.4, 0.5) is 0 Å². The van der Waals surface area contributed by atoms with E-state index >= 15 is 0 Å². The van der Waals surface area contributed by atoms with Gasteiger partial charge in [-0.25, -0.2) is 0 Å². The first kappa shape index (κ1) is 13.1.